The highest BCUT2D eigenvalue weighted by atomic mass is 14.2. The summed E-state index contributed by atoms with van der Waals surface area (Å²) in [4.78, 5) is 0. The Labute approximate surface area is 952 Å². The highest BCUT2D eigenvalue weighted by Gasteiger charge is 2.10. The van der Waals surface area contributed by atoms with Gasteiger partial charge in [0.1, 0.15) is 0 Å². The SMILES string of the molecule is C/C=C(\C)CC/C=C(\C)CCCC(C)C.C/C=C(\C)CCCC(C)CCC=C(C)C.C=C(CC)CC/C=C(\C)CCCC(C)C.C=C(CC)CCCC(C)CCC=C(C)C.C=C/C(C)=C/CCC(C)CCCC(C)C.C=CC(C)CC/C=C(\C)CCCC(C)C.C=CC(C)CCCC(C)CCC=C(C)C.CC/C(C)=C/CCC(C)CCC=C(C)C.CCC(C)CC/C=C(\C)CCC=C(C)C.CCC(C)CCC/C(C)=C/CC=C(C)C. The first kappa shape index (κ1) is 165. The number of hydrogen-bond donors (Lipinski definition) is 0. The Balaban J connectivity index is -0.000000181. The van der Waals surface area contributed by atoms with Crippen LogP contribution in [0.25, 0.3) is 0 Å². The molecule has 0 aliphatic heterocycles. The molecule has 0 bridgehead atoms. The van der Waals surface area contributed by atoms with Crippen molar-refractivity contribution in [2.45, 2.75) is 645 Å². The van der Waals surface area contributed by atoms with Gasteiger partial charge in [0.25, 0.3) is 0 Å². The molecular formula is C150H280. The minimum absolute atomic E-state index is 0.657. The lowest BCUT2D eigenvalue weighted by Gasteiger charge is -2.11. The summed E-state index contributed by atoms with van der Waals surface area (Å²) < 4.78 is 0. The molecule has 0 N–H and O–H groups in total. The molecule has 0 aromatic rings. The van der Waals surface area contributed by atoms with Crippen LogP contribution in [-0.4, -0.2) is 0 Å². The van der Waals surface area contributed by atoms with Crippen LogP contribution < -0.4 is 0 Å². The molecule has 0 radical (unpaired) electrons. The highest BCUT2D eigenvalue weighted by molar-refractivity contribution is 5.13. The van der Waals surface area contributed by atoms with Crippen molar-refractivity contribution in [2.75, 3.05) is 0 Å². The fourth-order valence-corrected chi connectivity index (χ4v) is 16.1. The Morgan fingerprint density at radius 1 is 0.200 bits per heavy atom. The van der Waals surface area contributed by atoms with Crippen LogP contribution in [0.3, 0.4) is 0 Å². The van der Waals surface area contributed by atoms with Crippen LogP contribution in [0.1, 0.15) is 645 Å². The second-order valence-electron chi connectivity index (χ2n) is 50.2. The fourth-order valence-electron chi connectivity index (χ4n) is 16.1. The van der Waals surface area contributed by atoms with Crippen LogP contribution in [0.15, 0.2) is 237 Å². The predicted octanol–water partition coefficient (Wildman–Crippen LogP) is 54.6. The van der Waals surface area contributed by atoms with Gasteiger partial charge in [-0.2, -0.15) is 0 Å². The summed E-state index contributed by atoms with van der Waals surface area (Å²) in [6.45, 7) is 120. The van der Waals surface area contributed by atoms with Gasteiger partial charge < -0.3 is 0 Å². The number of allylic oxidation sites excluding steroid dienone is 35. The van der Waals surface area contributed by atoms with E-state index in [1.165, 1.54) is 375 Å². The van der Waals surface area contributed by atoms with Crippen molar-refractivity contribution in [2.24, 2.45) is 76.9 Å². The van der Waals surface area contributed by atoms with Gasteiger partial charge in [-0.25, -0.2) is 0 Å². The standard InChI is InChI=1S/10C15H28/c10*1-6-14(4)10-8-12-15(5)11-7-9-13(2)3/h9,12,14H,6-8,10-11H2,1-5H3;9,11,14H,6-8,10,12H2,1-5H3;9-10,15H,6-8,11-12H2,1-5H3;6,12-13H,7-11H2,1-5H3;6,9,15H,7-8,10-12H2,1-5H3;12-13H,4,6-11H2,1-3,5H3;9,15H,4,6-8,10-12H2,1-3,5H3;6,12-14H,1,7-11H2,2-5H3;6,10,13,15H,1,7-9,11-12H2,2-5H3;6,9,14-15H,1,7-8,10-12H2,2-5H3/b15-12+;15-11+;14-10+;14-6+,15-12+;14-6+;15-12+;;15-12+;14-10+;. The molecule has 0 aromatic heterocycles. The molecule has 0 aromatic carbocycles. The minimum Gasteiger partial charge on any atom is -0.103 e. The van der Waals surface area contributed by atoms with E-state index in [2.05, 4.69) is 442 Å². The molecule has 0 nitrogen and oxygen atoms in total. The van der Waals surface area contributed by atoms with E-state index < -0.39 is 0 Å². The largest absolute Gasteiger partial charge is 0.103 e. The summed E-state index contributed by atoms with van der Waals surface area (Å²) in [5, 5.41) is 0. The Morgan fingerprint density at radius 3 is 0.773 bits per heavy atom. The number of hydrogen-bond acceptors (Lipinski definition) is 0. The smallest absolute Gasteiger partial charge is 0.0164 e. The van der Waals surface area contributed by atoms with E-state index in [0.717, 1.165) is 90.8 Å². The average molecular weight is 2080 g/mol. The zero-order valence-corrected chi connectivity index (χ0v) is 112. The van der Waals surface area contributed by atoms with Crippen molar-refractivity contribution in [3.05, 3.63) is 237 Å². The first-order chi connectivity index (χ1) is 70.6. The van der Waals surface area contributed by atoms with E-state index in [0.29, 0.717) is 11.8 Å². The van der Waals surface area contributed by atoms with Gasteiger partial charge in [0.2, 0.25) is 0 Å². The van der Waals surface area contributed by atoms with Gasteiger partial charge >= 0.3 is 0 Å². The van der Waals surface area contributed by atoms with Crippen LogP contribution >= 0.6 is 0 Å². The maximum Gasteiger partial charge on any atom is -0.0164 e. The molecule has 0 amide bonds. The van der Waals surface area contributed by atoms with Gasteiger partial charge in [-0.1, -0.05) is 460 Å². The van der Waals surface area contributed by atoms with Gasteiger partial charge in [0, 0.05) is 0 Å². The van der Waals surface area contributed by atoms with E-state index in [4.69, 9.17) is 0 Å². The van der Waals surface area contributed by atoms with Crippen LogP contribution in [0.4, 0.5) is 0 Å². The lowest BCUT2D eigenvalue weighted by molar-refractivity contribution is 0.439. The summed E-state index contributed by atoms with van der Waals surface area (Å²) in [6, 6.07) is 0. The van der Waals surface area contributed by atoms with Gasteiger partial charge in [-0.15, -0.1) is 13.2 Å². The minimum atomic E-state index is 0.657. The average Bonchev–Trinajstić information content (AvgIpc) is 1.05. The van der Waals surface area contributed by atoms with Crippen molar-refractivity contribution in [1.29, 1.82) is 0 Å². The molecule has 0 saturated heterocycles. The lowest BCUT2D eigenvalue weighted by atomic mass is 9.95. The van der Waals surface area contributed by atoms with E-state index >= 15 is 0 Å². The first-order valence-electron chi connectivity index (χ1n) is 63.4. The third-order valence-corrected chi connectivity index (χ3v) is 29.2. The van der Waals surface area contributed by atoms with Crippen molar-refractivity contribution in [3.63, 3.8) is 0 Å². The summed E-state index contributed by atoms with van der Waals surface area (Å²) in [7, 11) is 0. The lowest BCUT2D eigenvalue weighted by Crippen LogP contribution is -1.96. The van der Waals surface area contributed by atoms with Crippen LogP contribution in [0.2, 0.25) is 0 Å². The molecule has 880 valence electrons. The van der Waals surface area contributed by atoms with Crippen molar-refractivity contribution >= 4 is 0 Å². The zero-order valence-electron chi connectivity index (χ0n) is 112. The Hall–Kier alpha value is -5.20. The molecule has 0 fully saturated rings. The molecule has 0 aliphatic carbocycles. The number of rotatable bonds is 75. The molecule has 0 rings (SSSR count). The van der Waals surface area contributed by atoms with Crippen LogP contribution in [-0.2, 0) is 0 Å². The fraction of sp³-hybridized carbons (Fsp3) is 0.733. The third-order valence-electron chi connectivity index (χ3n) is 29.2. The molecule has 0 aliphatic rings. The van der Waals surface area contributed by atoms with Gasteiger partial charge in [-0.05, 0) is 487 Å². The maximum absolute atomic E-state index is 4.05. The molecule has 150 heavy (non-hydrogen) atoms. The normalized spacial score (nSPS) is 13.6. The second-order valence-corrected chi connectivity index (χ2v) is 50.2. The van der Waals surface area contributed by atoms with Gasteiger partial charge in [0.15, 0.2) is 0 Å². The van der Waals surface area contributed by atoms with E-state index in [9.17, 15) is 0 Å². The summed E-state index contributed by atoms with van der Waals surface area (Å²) in [5.41, 5.74) is 25.1. The summed E-state index contributed by atoms with van der Waals surface area (Å²) >= 11 is 0. The molecule has 0 heteroatoms. The topological polar surface area (TPSA) is 0 Å². The zero-order chi connectivity index (χ0) is 117. The molecule has 9 atom stereocenters. The monoisotopic (exact) mass is 2080 g/mol. The van der Waals surface area contributed by atoms with Crippen LogP contribution in [0.5, 0.6) is 0 Å². The molecule has 0 heterocycles. The van der Waals surface area contributed by atoms with E-state index in [1.807, 2.05) is 12.2 Å². The molecule has 0 spiro atoms. The Bertz CT molecular complexity index is 3510. The highest BCUT2D eigenvalue weighted by Crippen LogP contribution is 2.27. The second kappa shape index (κ2) is 122. The molecular weight excluding hydrogens is 1800 g/mol. The Morgan fingerprint density at radius 2 is 0.433 bits per heavy atom. The van der Waals surface area contributed by atoms with Crippen LogP contribution in [0, 0.1) is 76.9 Å². The van der Waals surface area contributed by atoms with Crippen molar-refractivity contribution in [3.8, 4) is 0 Å². The van der Waals surface area contributed by atoms with Gasteiger partial charge in [-0.3, -0.25) is 0 Å². The molecule has 0 saturated carbocycles. The summed E-state index contributed by atoms with van der Waals surface area (Å²) in [5.74, 6) is 10.9. The van der Waals surface area contributed by atoms with E-state index in [1.54, 1.807) is 27.9 Å². The Kier molecular flexibility index (Phi) is 134. The van der Waals surface area contributed by atoms with Crippen molar-refractivity contribution in [1.82, 2.24) is 0 Å². The first-order valence-corrected chi connectivity index (χ1v) is 63.4. The van der Waals surface area contributed by atoms with Gasteiger partial charge in [0.05, 0.1) is 0 Å². The predicted molar refractivity (Wildman–Crippen MR) is 711 cm³/mol. The van der Waals surface area contributed by atoms with Crippen molar-refractivity contribution < 1.29 is 0 Å². The third kappa shape index (κ3) is 158. The van der Waals surface area contributed by atoms with E-state index in [-0.39, 0.29) is 0 Å². The summed E-state index contributed by atoms with van der Waals surface area (Å²) in [6.07, 6.45) is 108. The quantitative estimate of drug-likeness (QED) is 0.0421. The molecule has 9 unspecified atom stereocenters. The maximum atomic E-state index is 4.05.